The lowest BCUT2D eigenvalue weighted by molar-refractivity contribution is -0.129. The first-order valence-corrected chi connectivity index (χ1v) is 5.80. The van der Waals surface area contributed by atoms with E-state index in [0.717, 1.165) is 6.42 Å². The molecule has 1 amide bonds. The first-order chi connectivity index (χ1) is 7.72. The molecule has 0 bridgehead atoms. The summed E-state index contributed by atoms with van der Waals surface area (Å²) >= 11 is 0. The Morgan fingerprint density at radius 1 is 1.50 bits per heavy atom. The van der Waals surface area contributed by atoms with E-state index in [-0.39, 0.29) is 19.1 Å². The van der Waals surface area contributed by atoms with Crippen LogP contribution in [0.1, 0.15) is 26.2 Å². The molecular weight excluding hydrogens is 210 g/mol. The summed E-state index contributed by atoms with van der Waals surface area (Å²) in [5.74, 6) is -0.163. The molecule has 0 unspecified atom stereocenters. The molecule has 5 heteroatoms. The van der Waals surface area contributed by atoms with Crippen LogP contribution in [0.25, 0.3) is 0 Å². The van der Waals surface area contributed by atoms with Gasteiger partial charge in [-0.15, -0.1) is 0 Å². The second-order valence-electron chi connectivity index (χ2n) is 4.15. The second kappa shape index (κ2) is 6.83. The SMILES string of the molecule is CCCOCC(=O)NC1(CO)CCOCC1. The van der Waals surface area contributed by atoms with Gasteiger partial charge in [0.05, 0.1) is 12.1 Å². The Hall–Kier alpha value is -0.650. The molecule has 0 aromatic heterocycles. The molecule has 1 heterocycles. The molecule has 0 spiro atoms. The molecular formula is C11H21NO4. The van der Waals surface area contributed by atoms with E-state index >= 15 is 0 Å². The third-order valence-electron chi connectivity index (χ3n) is 2.74. The van der Waals surface area contributed by atoms with E-state index in [0.29, 0.717) is 32.7 Å². The van der Waals surface area contributed by atoms with Crippen LogP contribution in [-0.2, 0) is 14.3 Å². The van der Waals surface area contributed by atoms with Crippen molar-refractivity contribution >= 4 is 5.91 Å². The molecule has 16 heavy (non-hydrogen) atoms. The molecule has 1 fully saturated rings. The predicted molar refractivity (Wildman–Crippen MR) is 59.1 cm³/mol. The summed E-state index contributed by atoms with van der Waals surface area (Å²) in [6, 6.07) is 0. The van der Waals surface area contributed by atoms with Crippen molar-refractivity contribution in [2.45, 2.75) is 31.7 Å². The zero-order valence-electron chi connectivity index (χ0n) is 9.83. The molecule has 0 atom stereocenters. The highest BCUT2D eigenvalue weighted by Gasteiger charge is 2.33. The van der Waals surface area contributed by atoms with Gasteiger partial charge < -0.3 is 19.9 Å². The average molecular weight is 231 g/mol. The van der Waals surface area contributed by atoms with Gasteiger partial charge in [0.1, 0.15) is 6.61 Å². The Balaban J connectivity index is 2.33. The van der Waals surface area contributed by atoms with E-state index in [4.69, 9.17) is 9.47 Å². The minimum absolute atomic E-state index is 0.0458. The van der Waals surface area contributed by atoms with Gasteiger partial charge in [-0.3, -0.25) is 4.79 Å². The summed E-state index contributed by atoms with van der Waals surface area (Å²) in [4.78, 5) is 11.6. The Morgan fingerprint density at radius 3 is 2.75 bits per heavy atom. The van der Waals surface area contributed by atoms with Gasteiger partial charge in [0, 0.05) is 19.8 Å². The number of aliphatic hydroxyl groups excluding tert-OH is 1. The Kier molecular flexibility index (Phi) is 5.73. The smallest absolute Gasteiger partial charge is 0.246 e. The third-order valence-corrected chi connectivity index (χ3v) is 2.74. The monoisotopic (exact) mass is 231 g/mol. The van der Waals surface area contributed by atoms with Crippen LogP contribution in [-0.4, -0.2) is 49.6 Å². The highest BCUT2D eigenvalue weighted by atomic mass is 16.5. The first kappa shape index (κ1) is 13.4. The van der Waals surface area contributed by atoms with Crippen LogP contribution in [0.3, 0.4) is 0 Å². The molecule has 0 aromatic rings. The molecule has 0 saturated carbocycles. The fourth-order valence-corrected chi connectivity index (χ4v) is 1.73. The predicted octanol–water partition coefficient (Wildman–Crippen LogP) is 0.0707. The summed E-state index contributed by atoms with van der Waals surface area (Å²) in [7, 11) is 0. The normalized spacial score (nSPS) is 19.4. The molecule has 1 aliphatic heterocycles. The largest absolute Gasteiger partial charge is 0.394 e. The van der Waals surface area contributed by atoms with Crippen molar-refractivity contribution in [3.8, 4) is 0 Å². The number of aliphatic hydroxyl groups is 1. The topological polar surface area (TPSA) is 67.8 Å². The zero-order chi connectivity index (χ0) is 11.9. The van der Waals surface area contributed by atoms with Crippen molar-refractivity contribution in [3.63, 3.8) is 0 Å². The molecule has 0 aliphatic carbocycles. The number of amides is 1. The molecule has 1 aliphatic rings. The quantitative estimate of drug-likeness (QED) is 0.635. The average Bonchev–Trinajstić information content (AvgIpc) is 2.30. The van der Waals surface area contributed by atoms with E-state index in [1.165, 1.54) is 0 Å². The summed E-state index contributed by atoms with van der Waals surface area (Å²) in [5, 5.41) is 12.2. The molecule has 5 nitrogen and oxygen atoms in total. The Morgan fingerprint density at radius 2 is 2.19 bits per heavy atom. The maximum Gasteiger partial charge on any atom is 0.246 e. The molecule has 1 rings (SSSR count). The summed E-state index contributed by atoms with van der Waals surface area (Å²) in [5.41, 5.74) is -0.509. The number of carbonyl (C=O) groups excluding carboxylic acids is 1. The van der Waals surface area contributed by atoms with Crippen LogP contribution >= 0.6 is 0 Å². The summed E-state index contributed by atoms with van der Waals surface area (Å²) < 4.78 is 10.4. The van der Waals surface area contributed by atoms with Gasteiger partial charge in [-0.2, -0.15) is 0 Å². The number of carbonyl (C=O) groups is 1. The van der Waals surface area contributed by atoms with E-state index in [1.54, 1.807) is 0 Å². The van der Waals surface area contributed by atoms with Crippen LogP contribution in [0.15, 0.2) is 0 Å². The number of hydrogen-bond acceptors (Lipinski definition) is 4. The lowest BCUT2D eigenvalue weighted by Crippen LogP contribution is -2.55. The lowest BCUT2D eigenvalue weighted by Gasteiger charge is -2.36. The van der Waals surface area contributed by atoms with Crippen molar-refractivity contribution in [1.82, 2.24) is 5.32 Å². The lowest BCUT2D eigenvalue weighted by atomic mass is 9.91. The fourth-order valence-electron chi connectivity index (χ4n) is 1.73. The first-order valence-electron chi connectivity index (χ1n) is 5.80. The molecule has 94 valence electrons. The van der Waals surface area contributed by atoms with Crippen LogP contribution in [0.4, 0.5) is 0 Å². The Labute approximate surface area is 96.1 Å². The van der Waals surface area contributed by atoms with Crippen LogP contribution in [0, 0.1) is 0 Å². The summed E-state index contributed by atoms with van der Waals surface area (Å²) in [6.07, 6.45) is 2.21. The van der Waals surface area contributed by atoms with Crippen LogP contribution < -0.4 is 5.32 Å². The van der Waals surface area contributed by atoms with Crippen molar-refractivity contribution < 1.29 is 19.4 Å². The second-order valence-corrected chi connectivity index (χ2v) is 4.15. The number of rotatable bonds is 6. The van der Waals surface area contributed by atoms with Crippen LogP contribution in [0.5, 0.6) is 0 Å². The van der Waals surface area contributed by atoms with Gasteiger partial charge in [-0.05, 0) is 19.3 Å². The highest BCUT2D eigenvalue weighted by molar-refractivity contribution is 5.78. The Bertz CT molecular complexity index is 214. The zero-order valence-corrected chi connectivity index (χ0v) is 9.83. The van der Waals surface area contributed by atoms with Gasteiger partial charge in [0.15, 0.2) is 0 Å². The maximum atomic E-state index is 11.6. The molecule has 1 saturated heterocycles. The number of hydrogen-bond donors (Lipinski definition) is 2. The van der Waals surface area contributed by atoms with E-state index in [1.807, 2.05) is 6.92 Å². The number of ether oxygens (including phenoxy) is 2. The van der Waals surface area contributed by atoms with Gasteiger partial charge >= 0.3 is 0 Å². The minimum Gasteiger partial charge on any atom is -0.394 e. The molecule has 0 radical (unpaired) electrons. The molecule has 2 N–H and O–H groups in total. The van der Waals surface area contributed by atoms with E-state index in [2.05, 4.69) is 5.32 Å². The van der Waals surface area contributed by atoms with Crippen LogP contribution in [0.2, 0.25) is 0 Å². The van der Waals surface area contributed by atoms with E-state index in [9.17, 15) is 9.90 Å². The van der Waals surface area contributed by atoms with Crippen molar-refractivity contribution in [1.29, 1.82) is 0 Å². The molecule has 0 aromatic carbocycles. The fraction of sp³-hybridized carbons (Fsp3) is 0.909. The standard InChI is InChI=1S/C11H21NO4/c1-2-5-16-8-10(14)12-11(9-13)3-6-15-7-4-11/h13H,2-9H2,1H3,(H,12,14). The third kappa shape index (κ3) is 4.08. The number of nitrogens with one attached hydrogen (secondary N) is 1. The van der Waals surface area contributed by atoms with Gasteiger partial charge in [-0.25, -0.2) is 0 Å². The van der Waals surface area contributed by atoms with Crippen molar-refractivity contribution in [2.24, 2.45) is 0 Å². The highest BCUT2D eigenvalue weighted by Crippen LogP contribution is 2.19. The van der Waals surface area contributed by atoms with Crippen molar-refractivity contribution in [3.05, 3.63) is 0 Å². The van der Waals surface area contributed by atoms with Gasteiger partial charge in [-0.1, -0.05) is 6.92 Å². The van der Waals surface area contributed by atoms with Gasteiger partial charge in [0.2, 0.25) is 5.91 Å². The van der Waals surface area contributed by atoms with Crippen molar-refractivity contribution in [2.75, 3.05) is 33.0 Å². The maximum absolute atomic E-state index is 11.6. The van der Waals surface area contributed by atoms with E-state index < -0.39 is 5.54 Å². The minimum atomic E-state index is -0.509. The van der Waals surface area contributed by atoms with Gasteiger partial charge in [0.25, 0.3) is 0 Å². The summed E-state index contributed by atoms with van der Waals surface area (Å²) in [6.45, 7) is 3.76.